The highest BCUT2D eigenvalue weighted by atomic mass is 32.2. The minimum Gasteiger partial charge on any atom is -0.450 e. The van der Waals surface area contributed by atoms with Crippen molar-refractivity contribution in [1.82, 2.24) is 0 Å². The van der Waals surface area contributed by atoms with Gasteiger partial charge in [0.2, 0.25) is 0 Å². The number of ether oxygens (including phenoxy) is 1. The Morgan fingerprint density at radius 3 is 2.63 bits per heavy atom. The molecule has 0 bridgehead atoms. The molecule has 0 aromatic rings. The van der Waals surface area contributed by atoms with Gasteiger partial charge in [-0.15, -0.1) is 0 Å². The summed E-state index contributed by atoms with van der Waals surface area (Å²) in [5.74, 6) is -0.739. The molecule has 8 atom stereocenters. The summed E-state index contributed by atoms with van der Waals surface area (Å²) in [5, 5.41) is 11.6. The van der Waals surface area contributed by atoms with Crippen molar-refractivity contribution >= 4 is 29.3 Å². The molecule has 5 nitrogen and oxygen atoms in total. The summed E-state index contributed by atoms with van der Waals surface area (Å²) < 4.78 is 23.6. The van der Waals surface area contributed by atoms with Crippen LogP contribution in [0.1, 0.15) is 73.1 Å². The van der Waals surface area contributed by atoms with Gasteiger partial charge in [-0.05, 0) is 62.9 Å². The van der Waals surface area contributed by atoms with E-state index < -0.39 is 40.1 Å². The molecule has 1 N–H and O–H groups in total. The minimum atomic E-state index is -1.97. The maximum absolute atomic E-state index is 17.4. The molecule has 0 aliphatic heterocycles. The van der Waals surface area contributed by atoms with Crippen molar-refractivity contribution in [2.75, 3.05) is 11.5 Å². The van der Waals surface area contributed by atoms with Gasteiger partial charge in [0.15, 0.2) is 22.8 Å². The largest absolute Gasteiger partial charge is 0.450 e. The average Bonchev–Trinajstić information content (AvgIpc) is 3.01. The number of carbonyl (C=O) groups excluding carboxylic acids is 3. The van der Waals surface area contributed by atoms with Crippen LogP contribution in [-0.2, 0) is 19.1 Å². The van der Waals surface area contributed by atoms with Crippen LogP contribution in [0.2, 0.25) is 0 Å². The fourth-order valence-electron chi connectivity index (χ4n) is 8.14. The lowest BCUT2D eigenvalue weighted by Crippen LogP contribution is -2.70. The summed E-state index contributed by atoms with van der Waals surface area (Å²) in [6.45, 7) is 9.54. The van der Waals surface area contributed by atoms with Crippen molar-refractivity contribution in [3.63, 3.8) is 0 Å². The van der Waals surface area contributed by atoms with Crippen LogP contribution in [0.5, 0.6) is 0 Å². The van der Waals surface area contributed by atoms with E-state index in [9.17, 15) is 19.5 Å². The zero-order valence-corrected chi connectivity index (χ0v) is 22.4. The predicted molar refractivity (Wildman–Crippen MR) is 135 cm³/mol. The summed E-state index contributed by atoms with van der Waals surface area (Å²) in [4.78, 5) is 38.8. The second-order valence-electron chi connectivity index (χ2n) is 11.4. The van der Waals surface area contributed by atoms with Gasteiger partial charge >= 0.3 is 5.97 Å². The number of carbonyl (C=O) groups is 3. The van der Waals surface area contributed by atoms with E-state index in [0.29, 0.717) is 25.7 Å². The van der Waals surface area contributed by atoms with Gasteiger partial charge in [-0.1, -0.05) is 39.3 Å². The van der Waals surface area contributed by atoms with Crippen LogP contribution in [-0.4, -0.2) is 51.5 Å². The number of aliphatic hydroxyl groups is 1. The lowest BCUT2D eigenvalue weighted by molar-refractivity contribution is -0.227. The second kappa shape index (κ2) is 9.13. The van der Waals surface area contributed by atoms with E-state index in [1.54, 1.807) is 13.0 Å². The second-order valence-corrected chi connectivity index (χ2v) is 12.7. The molecule has 0 aromatic heterocycles. The summed E-state index contributed by atoms with van der Waals surface area (Å²) in [7, 11) is 0. The molecule has 0 heterocycles. The molecule has 4 aliphatic carbocycles. The molecule has 3 saturated carbocycles. The molecule has 4 aliphatic rings. The van der Waals surface area contributed by atoms with Crippen molar-refractivity contribution in [3.8, 4) is 0 Å². The highest BCUT2D eigenvalue weighted by Crippen LogP contribution is 2.71. The highest BCUT2D eigenvalue weighted by molar-refractivity contribution is 7.99. The van der Waals surface area contributed by atoms with E-state index in [4.69, 9.17) is 4.74 Å². The van der Waals surface area contributed by atoms with Crippen molar-refractivity contribution in [3.05, 3.63) is 23.8 Å². The summed E-state index contributed by atoms with van der Waals surface area (Å²) >= 11 is 1.49. The summed E-state index contributed by atoms with van der Waals surface area (Å²) in [6.07, 6.45) is 5.68. The monoisotopic (exact) mass is 506 g/mol. The smallest absolute Gasteiger partial charge is 0.306 e. The fraction of sp³-hybridized carbons (Fsp3) is 0.750. The van der Waals surface area contributed by atoms with Gasteiger partial charge in [-0.3, -0.25) is 14.4 Å². The van der Waals surface area contributed by atoms with Crippen LogP contribution in [0.25, 0.3) is 0 Å². The number of hydrogen-bond donors (Lipinski definition) is 1. The molecule has 0 saturated heterocycles. The number of hydrogen-bond acceptors (Lipinski definition) is 6. The fourth-order valence-corrected chi connectivity index (χ4v) is 8.74. The zero-order chi connectivity index (χ0) is 25.8. The number of halogens is 1. The van der Waals surface area contributed by atoms with E-state index in [0.717, 1.165) is 11.3 Å². The molecule has 0 spiro atoms. The molecular weight excluding hydrogens is 467 g/mol. The maximum Gasteiger partial charge on any atom is 0.306 e. The van der Waals surface area contributed by atoms with E-state index in [-0.39, 0.29) is 42.0 Å². The number of ketones is 2. The number of aliphatic hydroxyl groups excluding tert-OH is 1. The maximum atomic E-state index is 17.4. The van der Waals surface area contributed by atoms with E-state index in [1.807, 2.05) is 27.7 Å². The zero-order valence-electron chi connectivity index (χ0n) is 21.6. The first-order valence-corrected chi connectivity index (χ1v) is 14.2. The Balaban J connectivity index is 1.81. The van der Waals surface area contributed by atoms with Gasteiger partial charge in [-0.25, -0.2) is 4.39 Å². The van der Waals surface area contributed by atoms with Crippen molar-refractivity contribution in [1.29, 1.82) is 0 Å². The standard InChI is InChI=1S/C28H39FO5S/c1-6-8-24(33)34-28(23(32)16-35-7-2)17(3)13-21-20-10-9-18-14-19(30)11-12-25(18,4)27(20,29)22(31)15-26(21,28)5/h11-12,14,17,20-22,31H,6-10,13,15-16H2,1-5H3/t17-,20-,21-,22-,25-,26-,27-,28-/m0/s1. The van der Waals surface area contributed by atoms with Crippen LogP contribution in [0.15, 0.2) is 23.8 Å². The predicted octanol–water partition coefficient (Wildman–Crippen LogP) is 5.01. The summed E-state index contributed by atoms with van der Waals surface area (Å²) in [6, 6.07) is 0. The molecule has 0 radical (unpaired) electrons. The van der Waals surface area contributed by atoms with Gasteiger partial charge in [-0.2, -0.15) is 11.8 Å². The topological polar surface area (TPSA) is 80.7 Å². The van der Waals surface area contributed by atoms with Crippen LogP contribution in [0, 0.1) is 28.6 Å². The third-order valence-electron chi connectivity index (χ3n) is 9.76. The number of rotatable bonds is 7. The quantitative estimate of drug-likeness (QED) is 0.489. The third kappa shape index (κ3) is 3.54. The molecule has 3 fully saturated rings. The lowest BCUT2D eigenvalue weighted by Gasteiger charge is -2.62. The number of thioether (sulfide) groups is 1. The first kappa shape index (κ1) is 26.6. The van der Waals surface area contributed by atoms with E-state index >= 15 is 4.39 Å². The number of fused-ring (bicyclic) bond motifs is 5. The Bertz CT molecular complexity index is 976. The minimum absolute atomic E-state index is 0.0294. The lowest BCUT2D eigenvalue weighted by atomic mass is 9.44. The molecule has 7 heteroatoms. The Morgan fingerprint density at radius 1 is 1.26 bits per heavy atom. The molecular formula is C28H39FO5S. The Hall–Kier alpha value is -1.47. The number of esters is 1. The number of Topliss-reactive ketones (excluding diaryl/α,β-unsaturated/α-hetero) is 1. The van der Waals surface area contributed by atoms with Crippen molar-refractivity contribution in [2.45, 2.75) is 90.5 Å². The third-order valence-corrected chi connectivity index (χ3v) is 10.6. The SMILES string of the molecule is CCCC(=O)O[C@]1(C(=O)CSCC)[C@@H](C)C[C@H]2[C@@H]3CCC4=CC(=O)C=C[C@]4(C)[C@@]3(F)[C@@H](O)C[C@@]21C. The molecule has 194 valence electrons. The van der Waals surface area contributed by atoms with Gasteiger partial charge in [0, 0.05) is 29.1 Å². The van der Waals surface area contributed by atoms with E-state index in [1.165, 1.54) is 23.9 Å². The molecule has 0 amide bonds. The van der Waals surface area contributed by atoms with Crippen LogP contribution in [0.4, 0.5) is 4.39 Å². The first-order chi connectivity index (χ1) is 16.4. The molecule has 0 unspecified atom stereocenters. The Labute approximate surface area is 212 Å². The van der Waals surface area contributed by atoms with Crippen molar-refractivity contribution < 1.29 is 28.6 Å². The van der Waals surface area contributed by atoms with Crippen LogP contribution in [0.3, 0.4) is 0 Å². The van der Waals surface area contributed by atoms with Gasteiger partial charge in [0.05, 0.1) is 11.9 Å². The van der Waals surface area contributed by atoms with Gasteiger partial charge in [0.25, 0.3) is 0 Å². The highest BCUT2D eigenvalue weighted by Gasteiger charge is 2.77. The van der Waals surface area contributed by atoms with Gasteiger partial charge in [0.1, 0.15) is 0 Å². The summed E-state index contributed by atoms with van der Waals surface area (Å²) in [5.41, 5.74) is -4.59. The Kier molecular flexibility index (Phi) is 6.93. The average molecular weight is 507 g/mol. The van der Waals surface area contributed by atoms with E-state index in [2.05, 4.69) is 0 Å². The van der Waals surface area contributed by atoms with Crippen LogP contribution >= 0.6 is 11.8 Å². The van der Waals surface area contributed by atoms with Gasteiger partial charge < -0.3 is 9.84 Å². The number of allylic oxidation sites excluding steroid dienone is 4. The van der Waals surface area contributed by atoms with Crippen LogP contribution < -0.4 is 0 Å². The molecule has 0 aromatic carbocycles. The molecule has 4 rings (SSSR count). The van der Waals surface area contributed by atoms with Crippen molar-refractivity contribution in [2.24, 2.45) is 28.6 Å². The normalized spacial score (nSPS) is 44.2. The molecule has 35 heavy (non-hydrogen) atoms. The first-order valence-electron chi connectivity index (χ1n) is 13.1. The number of alkyl halides is 1. The Morgan fingerprint density at radius 2 is 1.97 bits per heavy atom.